The van der Waals surface area contributed by atoms with E-state index in [1.54, 1.807) is 13.2 Å². The molecular formula is C40H51N5O5. The summed E-state index contributed by atoms with van der Waals surface area (Å²) >= 11 is 0. The molecule has 10 heteroatoms. The van der Waals surface area contributed by atoms with Crippen LogP contribution in [0.3, 0.4) is 0 Å². The molecule has 0 saturated heterocycles. The van der Waals surface area contributed by atoms with Gasteiger partial charge in [-0.15, -0.1) is 0 Å². The molecule has 266 valence electrons. The fraction of sp³-hybridized carbons (Fsp3) is 0.400. The first-order valence-electron chi connectivity index (χ1n) is 17.4. The molecule has 0 radical (unpaired) electrons. The first kappa shape index (κ1) is 37.9. The fourth-order valence-corrected chi connectivity index (χ4v) is 6.04. The van der Waals surface area contributed by atoms with Gasteiger partial charge in [0.2, 0.25) is 5.91 Å². The number of rotatable bonds is 17. The van der Waals surface area contributed by atoms with E-state index < -0.39 is 12.1 Å². The third-order valence-electron chi connectivity index (χ3n) is 8.67. The van der Waals surface area contributed by atoms with Crippen LogP contribution >= 0.6 is 0 Å². The maximum Gasteiger partial charge on any atom is 0.407 e. The van der Waals surface area contributed by atoms with Gasteiger partial charge in [-0.05, 0) is 95.3 Å². The molecule has 0 aliphatic rings. The molecule has 0 saturated carbocycles. The van der Waals surface area contributed by atoms with Crippen molar-refractivity contribution in [2.75, 3.05) is 26.7 Å². The van der Waals surface area contributed by atoms with Gasteiger partial charge in [-0.2, -0.15) is 0 Å². The predicted molar refractivity (Wildman–Crippen MR) is 198 cm³/mol. The van der Waals surface area contributed by atoms with Crippen LogP contribution in [0.1, 0.15) is 68.4 Å². The lowest BCUT2D eigenvalue weighted by molar-refractivity contribution is -0.123. The van der Waals surface area contributed by atoms with Crippen LogP contribution in [-0.4, -0.2) is 72.7 Å². The maximum absolute atomic E-state index is 14.0. The van der Waals surface area contributed by atoms with E-state index in [1.165, 1.54) is 0 Å². The molecule has 0 aliphatic carbocycles. The Hall–Kier alpha value is -4.96. The van der Waals surface area contributed by atoms with Gasteiger partial charge in [-0.1, -0.05) is 48.5 Å². The molecule has 0 aliphatic heterocycles. The van der Waals surface area contributed by atoms with Gasteiger partial charge < -0.3 is 25.4 Å². The van der Waals surface area contributed by atoms with Gasteiger partial charge in [0.05, 0.1) is 23.9 Å². The number of alkyl carbamates (subject to hydrolysis) is 1. The lowest BCUT2D eigenvalue weighted by atomic mass is 10.0. The highest BCUT2D eigenvalue weighted by Crippen LogP contribution is 2.28. The molecule has 10 nitrogen and oxygen atoms in total. The Morgan fingerprint density at radius 3 is 2.26 bits per heavy atom. The van der Waals surface area contributed by atoms with Gasteiger partial charge in [-0.25, -0.2) is 9.78 Å². The third kappa shape index (κ3) is 10.8. The molecule has 50 heavy (non-hydrogen) atoms. The van der Waals surface area contributed by atoms with Gasteiger partial charge >= 0.3 is 6.09 Å². The second-order valence-corrected chi connectivity index (χ2v) is 13.0. The van der Waals surface area contributed by atoms with Crippen LogP contribution in [0.4, 0.5) is 4.79 Å². The molecule has 1 aromatic heterocycles. The van der Waals surface area contributed by atoms with Crippen molar-refractivity contribution in [3.8, 4) is 17.0 Å². The molecule has 3 amide bonds. The highest BCUT2D eigenvalue weighted by molar-refractivity contribution is 6.08. The summed E-state index contributed by atoms with van der Waals surface area (Å²) in [5, 5.41) is 9.55. The van der Waals surface area contributed by atoms with E-state index in [0.717, 1.165) is 22.4 Å². The third-order valence-corrected chi connectivity index (χ3v) is 8.67. The Kier molecular flexibility index (Phi) is 14.2. The number of unbranched alkanes of at least 4 members (excludes halogenated alkanes) is 1. The van der Waals surface area contributed by atoms with Crippen molar-refractivity contribution >= 4 is 28.8 Å². The summed E-state index contributed by atoms with van der Waals surface area (Å²) in [5.41, 5.74) is 4.48. The SMILES string of the molecule is COc1ccc(-c2cc(C(=O)NC(CCCCNC(=O)OCc3ccccc3)C(=O)NCCN(C(C)C)C(C)C)c3ccccc3n2)cc1C. The molecule has 0 spiro atoms. The number of pyridine rings is 1. The first-order chi connectivity index (χ1) is 24.1. The lowest BCUT2D eigenvalue weighted by Gasteiger charge is -2.30. The molecule has 0 bridgehead atoms. The summed E-state index contributed by atoms with van der Waals surface area (Å²) in [6.07, 6.45) is 1.09. The van der Waals surface area contributed by atoms with Crippen LogP contribution in [0.5, 0.6) is 5.75 Å². The summed E-state index contributed by atoms with van der Waals surface area (Å²) in [5.74, 6) is 0.166. The summed E-state index contributed by atoms with van der Waals surface area (Å²) < 4.78 is 10.7. The Morgan fingerprint density at radius 1 is 0.840 bits per heavy atom. The van der Waals surface area contributed by atoms with Crippen LogP contribution in [0.25, 0.3) is 22.2 Å². The van der Waals surface area contributed by atoms with Crippen molar-refractivity contribution in [1.29, 1.82) is 0 Å². The molecule has 0 fully saturated rings. The fourth-order valence-electron chi connectivity index (χ4n) is 6.04. The largest absolute Gasteiger partial charge is 0.496 e. The molecular weight excluding hydrogens is 630 g/mol. The average Bonchev–Trinajstić information content (AvgIpc) is 3.11. The summed E-state index contributed by atoms with van der Waals surface area (Å²) in [7, 11) is 1.63. The Morgan fingerprint density at radius 2 is 1.56 bits per heavy atom. The van der Waals surface area contributed by atoms with Crippen molar-refractivity contribution < 1.29 is 23.9 Å². The van der Waals surface area contributed by atoms with Crippen LogP contribution in [0, 0.1) is 6.92 Å². The smallest absolute Gasteiger partial charge is 0.407 e. The van der Waals surface area contributed by atoms with E-state index in [-0.39, 0.29) is 18.4 Å². The van der Waals surface area contributed by atoms with Crippen LogP contribution in [0.15, 0.2) is 78.9 Å². The Bertz CT molecular complexity index is 1720. The van der Waals surface area contributed by atoms with E-state index >= 15 is 0 Å². The number of hydrogen-bond acceptors (Lipinski definition) is 7. The number of carbonyl (C=O) groups excluding carboxylic acids is 3. The minimum atomic E-state index is -0.780. The molecule has 3 N–H and O–H groups in total. The van der Waals surface area contributed by atoms with Crippen molar-refractivity contribution in [1.82, 2.24) is 25.8 Å². The molecule has 4 aromatic rings. The van der Waals surface area contributed by atoms with Gasteiger partial charge in [0, 0.05) is 42.7 Å². The maximum atomic E-state index is 14.0. The number of para-hydroxylation sites is 1. The highest BCUT2D eigenvalue weighted by Gasteiger charge is 2.24. The van der Waals surface area contributed by atoms with Gasteiger partial charge in [-0.3, -0.25) is 14.5 Å². The zero-order valence-corrected chi connectivity index (χ0v) is 30.1. The number of fused-ring (bicyclic) bond motifs is 1. The number of methoxy groups -OCH3 is 1. The Balaban J connectivity index is 1.46. The number of benzene rings is 3. The Labute approximate surface area is 296 Å². The minimum absolute atomic E-state index is 0.190. The zero-order valence-electron chi connectivity index (χ0n) is 30.1. The quantitative estimate of drug-likeness (QED) is 0.107. The molecule has 1 heterocycles. The summed E-state index contributed by atoms with van der Waals surface area (Å²) in [6, 6.07) is 24.4. The standard InChI is InChI=1S/C40H51N5O5/c1-27(2)45(28(3)4)23-22-41-39(47)35(18-12-13-21-42-40(48)50-26-30-14-8-7-9-15-30)44-38(46)33-25-36(43-34-17-11-10-16-32(33)34)31-19-20-37(49-6)29(5)24-31/h7-11,14-17,19-20,24-25,27-28,35H,12-13,18,21-23,26H2,1-6H3,(H,41,47)(H,42,48)(H,44,46). The molecule has 3 aromatic carbocycles. The van der Waals surface area contributed by atoms with E-state index in [9.17, 15) is 14.4 Å². The number of hydrogen-bond donors (Lipinski definition) is 3. The van der Waals surface area contributed by atoms with Gasteiger partial charge in [0.15, 0.2) is 0 Å². The number of nitrogens with zero attached hydrogens (tertiary/aromatic N) is 2. The first-order valence-corrected chi connectivity index (χ1v) is 17.4. The number of carbonyl (C=O) groups is 3. The lowest BCUT2D eigenvalue weighted by Crippen LogP contribution is -2.49. The van der Waals surface area contributed by atoms with Crippen LogP contribution in [0.2, 0.25) is 0 Å². The molecule has 1 unspecified atom stereocenters. The van der Waals surface area contributed by atoms with Gasteiger partial charge in [0.1, 0.15) is 18.4 Å². The van der Waals surface area contributed by atoms with Gasteiger partial charge in [0.25, 0.3) is 5.91 Å². The van der Waals surface area contributed by atoms with E-state index in [0.29, 0.717) is 73.1 Å². The number of aryl methyl sites for hydroxylation is 1. The monoisotopic (exact) mass is 681 g/mol. The van der Waals surface area contributed by atoms with E-state index in [4.69, 9.17) is 14.5 Å². The van der Waals surface area contributed by atoms with Crippen LogP contribution < -0.4 is 20.7 Å². The van der Waals surface area contributed by atoms with Crippen molar-refractivity contribution in [2.24, 2.45) is 0 Å². The van der Waals surface area contributed by atoms with E-state index in [2.05, 4.69) is 48.5 Å². The van der Waals surface area contributed by atoms with E-state index in [1.807, 2.05) is 79.7 Å². The number of ether oxygens (including phenoxy) is 2. The van der Waals surface area contributed by atoms with Crippen molar-refractivity contribution in [3.05, 3.63) is 95.6 Å². The van der Waals surface area contributed by atoms with Crippen molar-refractivity contribution in [3.63, 3.8) is 0 Å². The number of aromatic nitrogens is 1. The number of amides is 3. The average molecular weight is 682 g/mol. The summed E-state index contributed by atoms with van der Waals surface area (Å²) in [4.78, 5) is 47.0. The highest BCUT2D eigenvalue weighted by atomic mass is 16.5. The van der Waals surface area contributed by atoms with Crippen molar-refractivity contribution in [2.45, 2.75) is 78.6 Å². The predicted octanol–water partition coefficient (Wildman–Crippen LogP) is 6.65. The number of nitrogens with one attached hydrogen (secondary N) is 3. The van der Waals surface area contributed by atoms with Crippen LogP contribution in [-0.2, 0) is 16.1 Å². The minimum Gasteiger partial charge on any atom is -0.496 e. The second kappa shape index (κ2) is 18.7. The second-order valence-electron chi connectivity index (χ2n) is 13.0. The normalized spacial score (nSPS) is 11.9. The molecule has 4 rings (SSSR count). The molecule has 1 atom stereocenters. The summed E-state index contributed by atoms with van der Waals surface area (Å²) in [6.45, 7) is 12.2. The topological polar surface area (TPSA) is 122 Å². The zero-order chi connectivity index (χ0) is 36.0.